The molecular formula is C11H19N3O. The van der Waals surface area contributed by atoms with E-state index in [2.05, 4.69) is 17.3 Å². The van der Waals surface area contributed by atoms with E-state index in [9.17, 15) is 4.79 Å². The van der Waals surface area contributed by atoms with Gasteiger partial charge in [0.1, 0.15) is 0 Å². The molecule has 0 spiro atoms. The van der Waals surface area contributed by atoms with Crippen LogP contribution in [0.4, 0.5) is 5.69 Å². The minimum absolute atomic E-state index is 0.0293. The second-order valence-corrected chi connectivity index (χ2v) is 3.62. The Labute approximate surface area is 90.3 Å². The molecule has 0 atom stereocenters. The number of hydrogen-bond acceptors (Lipinski definition) is 3. The SMILES string of the molecule is CCCCCCn1ncc(NC)cc1=O. The fourth-order valence-corrected chi connectivity index (χ4v) is 1.43. The van der Waals surface area contributed by atoms with E-state index < -0.39 is 0 Å². The summed E-state index contributed by atoms with van der Waals surface area (Å²) in [6.07, 6.45) is 6.31. The van der Waals surface area contributed by atoms with Gasteiger partial charge in [-0.05, 0) is 6.42 Å². The van der Waals surface area contributed by atoms with Crippen molar-refractivity contribution in [3.05, 3.63) is 22.6 Å². The summed E-state index contributed by atoms with van der Waals surface area (Å²) in [5.74, 6) is 0. The van der Waals surface area contributed by atoms with Crippen molar-refractivity contribution in [1.82, 2.24) is 9.78 Å². The summed E-state index contributed by atoms with van der Waals surface area (Å²) >= 11 is 0. The Morgan fingerprint density at radius 1 is 1.40 bits per heavy atom. The first-order valence-electron chi connectivity index (χ1n) is 5.53. The first-order chi connectivity index (χ1) is 7.27. The van der Waals surface area contributed by atoms with Crippen LogP contribution < -0.4 is 10.9 Å². The number of anilines is 1. The van der Waals surface area contributed by atoms with Gasteiger partial charge in [-0.3, -0.25) is 4.79 Å². The minimum atomic E-state index is -0.0293. The van der Waals surface area contributed by atoms with Crippen LogP contribution in [-0.4, -0.2) is 16.8 Å². The van der Waals surface area contributed by atoms with Gasteiger partial charge in [0.2, 0.25) is 0 Å². The molecule has 0 aromatic carbocycles. The third kappa shape index (κ3) is 3.73. The van der Waals surface area contributed by atoms with E-state index >= 15 is 0 Å². The maximum Gasteiger partial charge on any atom is 0.268 e. The lowest BCUT2D eigenvalue weighted by Gasteiger charge is -2.05. The zero-order valence-corrected chi connectivity index (χ0v) is 9.49. The summed E-state index contributed by atoms with van der Waals surface area (Å²) < 4.78 is 1.52. The zero-order valence-electron chi connectivity index (χ0n) is 9.49. The molecule has 1 heterocycles. The van der Waals surface area contributed by atoms with Gasteiger partial charge in [0.25, 0.3) is 5.56 Å². The molecule has 0 aliphatic carbocycles. The molecule has 1 aromatic heterocycles. The quantitative estimate of drug-likeness (QED) is 0.727. The van der Waals surface area contributed by atoms with Gasteiger partial charge in [-0.25, -0.2) is 4.68 Å². The van der Waals surface area contributed by atoms with Crippen LogP contribution in [0.25, 0.3) is 0 Å². The summed E-state index contributed by atoms with van der Waals surface area (Å²) in [5, 5.41) is 6.98. The van der Waals surface area contributed by atoms with Gasteiger partial charge in [-0.2, -0.15) is 5.10 Å². The van der Waals surface area contributed by atoms with E-state index in [1.54, 1.807) is 19.3 Å². The second kappa shape index (κ2) is 6.22. The Morgan fingerprint density at radius 2 is 2.20 bits per heavy atom. The van der Waals surface area contributed by atoms with Gasteiger partial charge in [-0.15, -0.1) is 0 Å². The molecule has 0 saturated heterocycles. The molecule has 1 rings (SSSR count). The molecule has 0 amide bonds. The molecule has 0 unspecified atom stereocenters. The van der Waals surface area contributed by atoms with Gasteiger partial charge in [0.15, 0.2) is 0 Å². The lowest BCUT2D eigenvalue weighted by Crippen LogP contribution is -2.22. The molecule has 4 nitrogen and oxygen atoms in total. The molecule has 1 aromatic rings. The van der Waals surface area contributed by atoms with Crippen molar-refractivity contribution in [1.29, 1.82) is 0 Å². The van der Waals surface area contributed by atoms with Crippen LogP contribution >= 0.6 is 0 Å². The molecule has 0 aliphatic heterocycles. The molecule has 0 aliphatic rings. The normalized spacial score (nSPS) is 10.3. The molecular weight excluding hydrogens is 190 g/mol. The van der Waals surface area contributed by atoms with Gasteiger partial charge < -0.3 is 5.32 Å². The van der Waals surface area contributed by atoms with Crippen LogP contribution in [0.15, 0.2) is 17.1 Å². The molecule has 0 bridgehead atoms. The third-order valence-corrected chi connectivity index (χ3v) is 2.38. The monoisotopic (exact) mass is 209 g/mol. The predicted octanol–water partition coefficient (Wildman–Crippen LogP) is 1.87. The maximum absolute atomic E-state index is 11.5. The van der Waals surface area contributed by atoms with Crippen molar-refractivity contribution in [2.45, 2.75) is 39.2 Å². The van der Waals surface area contributed by atoms with Crippen molar-refractivity contribution >= 4 is 5.69 Å². The molecule has 0 radical (unpaired) electrons. The zero-order chi connectivity index (χ0) is 11.1. The Bertz CT molecular complexity index is 346. The fourth-order valence-electron chi connectivity index (χ4n) is 1.43. The van der Waals surface area contributed by atoms with E-state index in [1.165, 1.54) is 23.9 Å². The molecule has 0 saturated carbocycles. The van der Waals surface area contributed by atoms with Crippen LogP contribution in [0.1, 0.15) is 32.6 Å². The van der Waals surface area contributed by atoms with E-state index in [1.807, 2.05) is 0 Å². The second-order valence-electron chi connectivity index (χ2n) is 3.62. The number of nitrogens with one attached hydrogen (secondary N) is 1. The number of aryl methyl sites for hydroxylation is 1. The summed E-state index contributed by atoms with van der Waals surface area (Å²) in [6.45, 7) is 2.90. The summed E-state index contributed by atoms with van der Waals surface area (Å²) in [4.78, 5) is 11.5. The van der Waals surface area contributed by atoms with Gasteiger partial charge in [-0.1, -0.05) is 26.2 Å². The standard InChI is InChI=1S/C11H19N3O/c1-3-4-5-6-7-14-11(15)8-10(12-2)9-13-14/h8-9,12H,3-7H2,1-2H3. The Kier molecular flexibility index (Phi) is 4.87. The smallest absolute Gasteiger partial charge is 0.268 e. The number of unbranched alkanes of at least 4 members (excludes halogenated alkanes) is 3. The highest BCUT2D eigenvalue weighted by atomic mass is 16.1. The lowest BCUT2D eigenvalue weighted by atomic mass is 10.2. The summed E-state index contributed by atoms with van der Waals surface area (Å²) in [7, 11) is 1.78. The van der Waals surface area contributed by atoms with Crippen molar-refractivity contribution < 1.29 is 0 Å². The van der Waals surface area contributed by atoms with E-state index in [0.29, 0.717) is 0 Å². The molecule has 1 N–H and O–H groups in total. The number of nitrogens with zero attached hydrogens (tertiary/aromatic N) is 2. The first kappa shape index (κ1) is 11.8. The van der Waals surface area contributed by atoms with Crippen LogP contribution in [-0.2, 0) is 6.54 Å². The topological polar surface area (TPSA) is 46.9 Å². The number of hydrogen-bond donors (Lipinski definition) is 1. The molecule has 0 fully saturated rings. The number of rotatable bonds is 6. The average Bonchev–Trinajstić information content (AvgIpc) is 2.26. The van der Waals surface area contributed by atoms with E-state index in [-0.39, 0.29) is 5.56 Å². The summed E-state index contributed by atoms with van der Waals surface area (Å²) in [6, 6.07) is 1.58. The number of aromatic nitrogens is 2. The third-order valence-electron chi connectivity index (χ3n) is 2.38. The van der Waals surface area contributed by atoms with Crippen molar-refractivity contribution in [3.63, 3.8) is 0 Å². The highest BCUT2D eigenvalue weighted by Crippen LogP contribution is 2.01. The summed E-state index contributed by atoms with van der Waals surface area (Å²) in [5.41, 5.74) is 0.739. The maximum atomic E-state index is 11.5. The van der Waals surface area contributed by atoms with Crippen molar-refractivity contribution in [2.24, 2.45) is 0 Å². The van der Waals surface area contributed by atoms with E-state index in [0.717, 1.165) is 18.7 Å². The highest BCUT2D eigenvalue weighted by Gasteiger charge is 1.98. The van der Waals surface area contributed by atoms with Crippen molar-refractivity contribution in [3.8, 4) is 0 Å². The van der Waals surface area contributed by atoms with Crippen LogP contribution in [0.2, 0.25) is 0 Å². The van der Waals surface area contributed by atoms with Crippen molar-refractivity contribution in [2.75, 3.05) is 12.4 Å². The molecule has 15 heavy (non-hydrogen) atoms. The van der Waals surface area contributed by atoms with Crippen LogP contribution in [0, 0.1) is 0 Å². The Hall–Kier alpha value is -1.32. The van der Waals surface area contributed by atoms with Gasteiger partial charge >= 0.3 is 0 Å². The molecule has 84 valence electrons. The minimum Gasteiger partial charge on any atom is -0.387 e. The van der Waals surface area contributed by atoms with Crippen LogP contribution in [0.5, 0.6) is 0 Å². The van der Waals surface area contributed by atoms with Gasteiger partial charge in [0.05, 0.1) is 11.9 Å². The molecule has 4 heteroatoms. The van der Waals surface area contributed by atoms with Crippen LogP contribution in [0.3, 0.4) is 0 Å². The highest BCUT2D eigenvalue weighted by molar-refractivity contribution is 5.37. The Morgan fingerprint density at radius 3 is 2.80 bits per heavy atom. The Balaban J connectivity index is 2.51. The average molecular weight is 209 g/mol. The predicted molar refractivity (Wildman–Crippen MR) is 62.2 cm³/mol. The van der Waals surface area contributed by atoms with E-state index in [4.69, 9.17) is 0 Å². The fraction of sp³-hybridized carbons (Fsp3) is 0.636. The van der Waals surface area contributed by atoms with Gasteiger partial charge in [0, 0.05) is 19.7 Å². The largest absolute Gasteiger partial charge is 0.387 e. The lowest BCUT2D eigenvalue weighted by molar-refractivity contribution is 0.519. The first-order valence-corrected chi connectivity index (χ1v) is 5.53.